The van der Waals surface area contributed by atoms with Crippen molar-refractivity contribution in [3.8, 4) is 0 Å². The Kier molecular flexibility index (Phi) is 4.10. The second-order valence-corrected chi connectivity index (χ2v) is 3.82. The van der Waals surface area contributed by atoms with Gasteiger partial charge < -0.3 is 15.0 Å². The molecule has 1 amide bonds. The van der Waals surface area contributed by atoms with E-state index in [1.807, 2.05) is 0 Å². The maximum Gasteiger partial charge on any atom is 0.318 e. The first-order chi connectivity index (χ1) is 7.56. The van der Waals surface area contributed by atoms with E-state index in [9.17, 15) is 9.59 Å². The van der Waals surface area contributed by atoms with E-state index in [1.165, 1.54) is 7.11 Å². The molecule has 0 aliphatic heterocycles. The van der Waals surface area contributed by atoms with E-state index in [2.05, 4.69) is 15.0 Å². The molecule has 1 heterocycles. The van der Waals surface area contributed by atoms with Crippen molar-refractivity contribution in [3.05, 3.63) is 18.3 Å². The van der Waals surface area contributed by atoms with E-state index >= 15 is 0 Å². The van der Waals surface area contributed by atoms with Crippen molar-refractivity contribution in [3.63, 3.8) is 0 Å². The highest BCUT2D eigenvalue weighted by Crippen LogP contribution is 2.15. The molecule has 1 rings (SSSR count). The molecule has 0 fully saturated rings. The van der Waals surface area contributed by atoms with Gasteiger partial charge in [0.1, 0.15) is 11.7 Å². The van der Waals surface area contributed by atoms with Crippen molar-refractivity contribution in [2.45, 2.75) is 13.8 Å². The van der Waals surface area contributed by atoms with Crippen LogP contribution in [0.3, 0.4) is 0 Å². The van der Waals surface area contributed by atoms with Crippen LogP contribution in [0.5, 0.6) is 0 Å². The van der Waals surface area contributed by atoms with Crippen molar-refractivity contribution in [1.82, 2.24) is 4.98 Å². The molecular formula is C11H16N2O3. The molecule has 0 aliphatic rings. The summed E-state index contributed by atoms with van der Waals surface area (Å²) < 4.78 is 4.60. The Morgan fingerprint density at radius 3 is 2.56 bits per heavy atom. The van der Waals surface area contributed by atoms with Gasteiger partial charge in [-0.1, -0.05) is 13.8 Å². The summed E-state index contributed by atoms with van der Waals surface area (Å²) in [7, 11) is 1.28. The maximum absolute atomic E-state index is 11.8. The summed E-state index contributed by atoms with van der Waals surface area (Å²) >= 11 is 0. The largest absolute Gasteiger partial charge is 0.468 e. The number of aromatic nitrogens is 1. The number of methoxy groups -OCH3 is 1. The van der Waals surface area contributed by atoms with Crippen molar-refractivity contribution in [1.29, 1.82) is 0 Å². The van der Waals surface area contributed by atoms with Crippen LogP contribution in [-0.2, 0) is 14.3 Å². The van der Waals surface area contributed by atoms with Crippen molar-refractivity contribution < 1.29 is 14.3 Å². The van der Waals surface area contributed by atoms with Crippen LogP contribution in [0.25, 0.3) is 0 Å². The molecule has 2 N–H and O–H groups in total. The zero-order valence-corrected chi connectivity index (χ0v) is 9.61. The quantitative estimate of drug-likeness (QED) is 0.599. The van der Waals surface area contributed by atoms with Gasteiger partial charge in [0.2, 0.25) is 5.91 Å². The Morgan fingerprint density at radius 1 is 1.44 bits per heavy atom. The van der Waals surface area contributed by atoms with E-state index < -0.39 is 11.9 Å². The lowest BCUT2D eigenvalue weighted by molar-refractivity contribution is -0.150. The van der Waals surface area contributed by atoms with Gasteiger partial charge >= 0.3 is 5.97 Å². The lowest BCUT2D eigenvalue weighted by Crippen LogP contribution is -2.34. The fourth-order valence-electron chi connectivity index (χ4n) is 1.43. The summed E-state index contributed by atoms with van der Waals surface area (Å²) in [5.74, 6) is -1.20. The molecule has 1 atom stereocenters. The number of carbonyl (C=O) groups excluding carboxylic acids is 2. The van der Waals surface area contributed by atoms with Crippen molar-refractivity contribution >= 4 is 17.7 Å². The molecule has 0 saturated heterocycles. The summed E-state index contributed by atoms with van der Waals surface area (Å²) in [5, 5.41) is 2.62. The molecule has 1 aromatic heterocycles. The minimum atomic E-state index is -0.784. The Morgan fingerprint density at radius 2 is 2.12 bits per heavy atom. The number of aromatic amines is 1. The molecule has 16 heavy (non-hydrogen) atoms. The van der Waals surface area contributed by atoms with Gasteiger partial charge in [-0.3, -0.25) is 9.59 Å². The van der Waals surface area contributed by atoms with Gasteiger partial charge in [0.15, 0.2) is 0 Å². The van der Waals surface area contributed by atoms with E-state index in [-0.39, 0.29) is 11.8 Å². The standard InChI is InChI=1S/C11H16N2O3/c1-7(2)9(11(15)16-3)10(14)13-8-5-4-6-12-8/h4-7,9,12H,1-3H3,(H,13,14). The average molecular weight is 224 g/mol. The molecule has 0 saturated carbocycles. The molecule has 1 aromatic rings. The molecule has 0 aromatic carbocycles. The number of carbonyl (C=O) groups is 2. The normalized spacial score (nSPS) is 12.2. The third-order valence-electron chi connectivity index (χ3n) is 2.26. The van der Waals surface area contributed by atoms with Gasteiger partial charge in [-0.05, 0) is 18.1 Å². The monoisotopic (exact) mass is 224 g/mol. The van der Waals surface area contributed by atoms with Gasteiger partial charge in [-0.25, -0.2) is 0 Å². The maximum atomic E-state index is 11.8. The third-order valence-corrected chi connectivity index (χ3v) is 2.26. The third kappa shape index (κ3) is 2.85. The SMILES string of the molecule is COC(=O)C(C(=O)Nc1ccc[nH]1)C(C)C. The predicted molar refractivity (Wildman–Crippen MR) is 59.8 cm³/mol. The summed E-state index contributed by atoms with van der Waals surface area (Å²) in [6, 6.07) is 3.48. The van der Waals surface area contributed by atoms with Gasteiger partial charge in [0.05, 0.1) is 7.11 Å². The van der Waals surface area contributed by atoms with E-state index in [0.717, 1.165) is 0 Å². The molecule has 1 unspecified atom stereocenters. The zero-order chi connectivity index (χ0) is 12.1. The number of esters is 1. The molecule has 5 heteroatoms. The van der Waals surface area contributed by atoms with Gasteiger partial charge in [-0.15, -0.1) is 0 Å². The van der Waals surface area contributed by atoms with E-state index in [0.29, 0.717) is 5.82 Å². The Balaban J connectivity index is 2.72. The fourth-order valence-corrected chi connectivity index (χ4v) is 1.43. The van der Waals surface area contributed by atoms with Crippen LogP contribution in [0, 0.1) is 11.8 Å². The number of nitrogens with one attached hydrogen (secondary N) is 2. The van der Waals surface area contributed by atoms with E-state index in [1.54, 1.807) is 32.2 Å². The van der Waals surface area contributed by atoms with Crippen LogP contribution in [0.15, 0.2) is 18.3 Å². The van der Waals surface area contributed by atoms with Gasteiger partial charge in [0.25, 0.3) is 0 Å². The summed E-state index contributed by atoms with van der Waals surface area (Å²) in [5.41, 5.74) is 0. The lowest BCUT2D eigenvalue weighted by Gasteiger charge is -2.17. The second-order valence-electron chi connectivity index (χ2n) is 3.82. The molecule has 0 spiro atoms. The number of hydrogen-bond acceptors (Lipinski definition) is 3. The molecule has 88 valence electrons. The highest BCUT2D eigenvalue weighted by molar-refractivity contribution is 6.04. The van der Waals surface area contributed by atoms with Crippen LogP contribution >= 0.6 is 0 Å². The first-order valence-corrected chi connectivity index (χ1v) is 5.08. The number of amides is 1. The first-order valence-electron chi connectivity index (χ1n) is 5.08. The van der Waals surface area contributed by atoms with Crippen LogP contribution < -0.4 is 5.32 Å². The van der Waals surface area contributed by atoms with Crippen LogP contribution in [0.4, 0.5) is 5.82 Å². The van der Waals surface area contributed by atoms with Crippen LogP contribution in [0.1, 0.15) is 13.8 Å². The summed E-state index contributed by atoms with van der Waals surface area (Å²) in [6.45, 7) is 3.60. The molecular weight excluding hydrogens is 208 g/mol. The average Bonchev–Trinajstić information content (AvgIpc) is 2.69. The number of H-pyrrole nitrogens is 1. The van der Waals surface area contributed by atoms with E-state index in [4.69, 9.17) is 0 Å². The second kappa shape index (κ2) is 5.34. The Bertz CT molecular complexity index is 357. The van der Waals surface area contributed by atoms with Crippen molar-refractivity contribution in [2.24, 2.45) is 11.8 Å². The van der Waals surface area contributed by atoms with Crippen LogP contribution in [0.2, 0.25) is 0 Å². The first kappa shape index (κ1) is 12.3. The van der Waals surface area contributed by atoms with Gasteiger partial charge in [0, 0.05) is 6.20 Å². The van der Waals surface area contributed by atoms with Gasteiger partial charge in [-0.2, -0.15) is 0 Å². The predicted octanol–water partition coefficient (Wildman–Crippen LogP) is 1.40. The fraction of sp³-hybridized carbons (Fsp3) is 0.455. The minimum absolute atomic E-state index is 0.109. The van der Waals surface area contributed by atoms with Crippen molar-refractivity contribution in [2.75, 3.05) is 12.4 Å². The Hall–Kier alpha value is -1.78. The highest BCUT2D eigenvalue weighted by atomic mass is 16.5. The number of rotatable bonds is 4. The summed E-state index contributed by atoms with van der Waals surface area (Å²) in [4.78, 5) is 26.1. The minimum Gasteiger partial charge on any atom is -0.468 e. The number of hydrogen-bond donors (Lipinski definition) is 2. The zero-order valence-electron chi connectivity index (χ0n) is 9.61. The molecule has 5 nitrogen and oxygen atoms in total. The summed E-state index contributed by atoms with van der Waals surface area (Å²) in [6.07, 6.45) is 1.69. The molecule has 0 bridgehead atoms. The lowest BCUT2D eigenvalue weighted by atomic mass is 9.95. The highest BCUT2D eigenvalue weighted by Gasteiger charge is 2.30. The number of anilines is 1. The number of ether oxygens (including phenoxy) is 1. The molecule has 0 aliphatic carbocycles. The molecule has 0 radical (unpaired) electrons. The Labute approximate surface area is 94.2 Å². The van der Waals surface area contributed by atoms with Crippen LogP contribution in [-0.4, -0.2) is 24.0 Å². The smallest absolute Gasteiger partial charge is 0.318 e. The topological polar surface area (TPSA) is 71.2 Å².